The van der Waals surface area contributed by atoms with Crippen LogP contribution in [-0.2, 0) is 5.41 Å². The third-order valence-corrected chi connectivity index (χ3v) is 8.22. The fourth-order valence-electron chi connectivity index (χ4n) is 6.06. The molecule has 0 saturated heterocycles. The van der Waals surface area contributed by atoms with Crippen molar-refractivity contribution in [3.8, 4) is 11.3 Å². The van der Waals surface area contributed by atoms with Gasteiger partial charge in [-0.25, -0.2) is 4.98 Å². The van der Waals surface area contributed by atoms with Crippen molar-refractivity contribution in [3.05, 3.63) is 120 Å². The van der Waals surface area contributed by atoms with Gasteiger partial charge in [-0.2, -0.15) is 0 Å². The maximum atomic E-state index is 6.45. The number of pyridine rings is 2. The highest BCUT2D eigenvalue weighted by Gasteiger charge is 2.30. The summed E-state index contributed by atoms with van der Waals surface area (Å²) in [6, 6.07) is 35.7. The number of para-hydroxylation sites is 3. The smallest absolute Gasteiger partial charge is 0.227 e. The number of hydrogen-bond donors (Lipinski definition) is 0. The minimum absolute atomic E-state index is 0.438. The van der Waals surface area contributed by atoms with E-state index in [1.807, 2.05) is 25.1 Å². The Bertz CT molecular complexity index is 2270. The molecule has 8 aromatic rings. The molecule has 0 aliphatic rings. The highest BCUT2D eigenvalue weighted by Crippen LogP contribution is 2.42. The lowest BCUT2D eigenvalue weighted by molar-refractivity contribution is 0.594. The van der Waals surface area contributed by atoms with Crippen LogP contribution in [0, 0.1) is 6.92 Å². The third kappa shape index (κ3) is 3.26. The van der Waals surface area contributed by atoms with E-state index in [-0.39, 0.29) is 0 Å². The zero-order valence-corrected chi connectivity index (χ0v) is 22.5. The van der Waals surface area contributed by atoms with Gasteiger partial charge in [0.05, 0.1) is 11.4 Å². The summed E-state index contributed by atoms with van der Waals surface area (Å²) in [4.78, 5) is 10.1. The first-order chi connectivity index (χ1) is 19.5. The first-order valence-corrected chi connectivity index (χ1v) is 13.6. The quantitative estimate of drug-likeness (QED) is 0.234. The molecule has 0 unspecified atom stereocenters. The van der Waals surface area contributed by atoms with Crippen LogP contribution in [0.4, 0.5) is 0 Å². The lowest BCUT2D eigenvalue weighted by atomic mass is 9.79. The summed E-state index contributed by atoms with van der Waals surface area (Å²) in [6.45, 7) is 6.44. The third-order valence-electron chi connectivity index (χ3n) is 8.22. The summed E-state index contributed by atoms with van der Waals surface area (Å²) in [6.07, 6.45) is 0. The number of rotatable bonds is 3. The van der Waals surface area contributed by atoms with Crippen LogP contribution >= 0.6 is 0 Å². The molecule has 0 N–H and O–H groups in total. The van der Waals surface area contributed by atoms with Crippen molar-refractivity contribution >= 4 is 54.8 Å². The molecule has 0 spiro atoms. The number of aromatic nitrogens is 2. The van der Waals surface area contributed by atoms with E-state index >= 15 is 0 Å². The zero-order chi connectivity index (χ0) is 27.0. The molecule has 0 atom stereocenters. The molecule has 0 bridgehead atoms. The molecule has 4 heterocycles. The van der Waals surface area contributed by atoms with Gasteiger partial charge in [-0.15, -0.1) is 0 Å². The Kier molecular flexibility index (Phi) is 4.75. The van der Waals surface area contributed by atoms with Crippen LogP contribution < -0.4 is 0 Å². The second-order valence-electron chi connectivity index (χ2n) is 11.1. The first-order valence-electron chi connectivity index (χ1n) is 13.6. The van der Waals surface area contributed by atoms with Crippen LogP contribution in [0.1, 0.15) is 30.8 Å². The Balaban J connectivity index is 1.40. The normalized spacial score (nSPS) is 12.4. The van der Waals surface area contributed by atoms with Crippen molar-refractivity contribution in [1.82, 2.24) is 9.97 Å². The summed E-state index contributed by atoms with van der Waals surface area (Å²) >= 11 is 0. The molecule has 192 valence electrons. The van der Waals surface area contributed by atoms with Crippen molar-refractivity contribution in [1.29, 1.82) is 0 Å². The minimum Gasteiger partial charge on any atom is -0.456 e. The average Bonchev–Trinajstić information content (AvgIpc) is 3.54. The molecule has 4 aromatic heterocycles. The van der Waals surface area contributed by atoms with Crippen molar-refractivity contribution < 1.29 is 8.83 Å². The standard InChI is InChI=1S/C36H26N2O2/c1-21-18-19-27-26-13-8-15-28(33(26)40-35(27)37-21)32-23-11-5-4-10-22(23)20-31(38-32)36(2,3)29-16-9-14-25-24-12-6-7-17-30(24)39-34(25)29/h4-20H,1-3H3. The van der Waals surface area contributed by atoms with Crippen molar-refractivity contribution in [2.75, 3.05) is 0 Å². The summed E-state index contributed by atoms with van der Waals surface area (Å²) in [5, 5.41) is 6.53. The maximum absolute atomic E-state index is 6.45. The van der Waals surface area contributed by atoms with Crippen molar-refractivity contribution in [2.45, 2.75) is 26.2 Å². The van der Waals surface area contributed by atoms with Gasteiger partial charge in [0.25, 0.3) is 0 Å². The van der Waals surface area contributed by atoms with E-state index in [1.54, 1.807) is 0 Å². The lowest BCUT2D eigenvalue weighted by Gasteiger charge is -2.26. The van der Waals surface area contributed by atoms with E-state index in [0.717, 1.165) is 77.3 Å². The average molecular weight is 519 g/mol. The Morgan fingerprint density at radius 3 is 2.20 bits per heavy atom. The van der Waals surface area contributed by atoms with E-state index < -0.39 is 5.41 Å². The van der Waals surface area contributed by atoms with Crippen molar-refractivity contribution in [3.63, 3.8) is 0 Å². The Labute approximate surface area is 230 Å². The fourth-order valence-corrected chi connectivity index (χ4v) is 6.06. The van der Waals surface area contributed by atoms with Gasteiger partial charge in [0, 0.05) is 49.2 Å². The predicted octanol–water partition coefficient (Wildman–Crippen LogP) is 9.73. The summed E-state index contributed by atoms with van der Waals surface area (Å²) in [5.74, 6) is 0. The highest BCUT2D eigenvalue weighted by atomic mass is 16.3. The van der Waals surface area contributed by atoms with Gasteiger partial charge in [0.15, 0.2) is 0 Å². The highest BCUT2D eigenvalue weighted by molar-refractivity contribution is 6.11. The predicted molar refractivity (Wildman–Crippen MR) is 163 cm³/mol. The molecule has 0 fully saturated rings. The number of nitrogens with zero attached hydrogens (tertiary/aromatic N) is 2. The molecule has 0 saturated carbocycles. The van der Waals surface area contributed by atoms with Gasteiger partial charge < -0.3 is 8.83 Å². The molecular formula is C36H26N2O2. The van der Waals surface area contributed by atoms with Crippen LogP contribution in [0.25, 0.3) is 66.0 Å². The van der Waals surface area contributed by atoms with E-state index in [0.29, 0.717) is 5.71 Å². The molecular weight excluding hydrogens is 492 g/mol. The van der Waals surface area contributed by atoms with Crippen molar-refractivity contribution in [2.24, 2.45) is 0 Å². The van der Waals surface area contributed by atoms with Crippen LogP contribution in [0.3, 0.4) is 0 Å². The van der Waals surface area contributed by atoms with Gasteiger partial charge in [-0.1, -0.05) is 86.6 Å². The molecule has 0 aliphatic carbocycles. The van der Waals surface area contributed by atoms with Crippen LogP contribution in [-0.4, -0.2) is 9.97 Å². The van der Waals surface area contributed by atoms with E-state index in [1.165, 1.54) is 0 Å². The maximum Gasteiger partial charge on any atom is 0.227 e. The lowest BCUT2D eigenvalue weighted by Crippen LogP contribution is -2.21. The Hall–Kier alpha value is -4.96. The number of fused-ring (bicyclic) bond motifs is 7. The molecule has 0 radical (unpaired) electrons. The number of furan rings is 2. The second-order valence-corrected chi connectivity index (χ2v) is 11.1. The molecule has 4 aromatic carbocycles. The molecule has 40 heavy (non-hydrogen) atoms. The largest absolute Gasteiger partial charge is 0.456 e. The van der Waals surface area contributed by atoms with Gasteiger partial charge in [-0.05, 0) is 42.6 Å². The summed E-state index contributed by atoms with van der Waals surface area (Å²) < 4.78 is 12.8. The minimum atomic E-state index is -0.438. The molecule has 0 aliphatic heterocycles. The Morgan fingerprint density at radius 2 is 1.32 bits per heavy atom. The zero-order valence-electron chi connectivity index (χ0n) is 22.5. The second kappa shape index (κ2) is 8.27. The van der Waals surface area contributed by atoms with Gasteiger partial charge in [0.1, 0.15) is 16.7 Å². The number of aryl methyl sites for hydroxylation is 1. The summed E-state index contributed by atoms with van der Waals surface area (Å²) in [7, 11) is 0. The molecule has 4 nitrogen and oxygen atoms in total. The van der Waals surface area contributed by atoms with Crippen LogP contribution in [0.15, 0.2) is 112 Å². The fraction of sp³-hybridized carbons (Fsp3) is 0.111. The number of hydrogen-bond acceptors (Lipinski definition) is 4. The van der Waals surface area contributed by atoms with E-state index in [2.05, 4.69) is 104 Å². The van der Waals surface area contributed by atoms with E-state index in [9.17, 15) is 0 Å². The molecule has 8 rings (SSSR count). The SMILES string of the molecule is Cc1ccc2c(n1)oc1c(-c3nc(C(C)(C)c4cccc5c4oc4ccccc45)cc4ccccc34)cccc12. The van der Waals surface area contributed by atoms with E-state index in [4.69, 9.17) is 13.8 Å². The van der Waals surface area contributed by atoms with Crippen LogP contribution in [0.2, 0.25) is 0 Å². The monoisotopic (exact) mass is 518 g/mol. The van der Waals surface area contributed by atoms with Gasteiger partial charge >= 0.3 is 0 Å². The number of benzene rings is 4. The molecule has 4 heteroatoms. The Morgan fingerprint density at radius 1 is 0.600 bits per heavy atom. The summed E-state index contributed by atoms with van der Waals surface area (Å²) in [5.41, 5.74) is 7.70. The van der Waals surface area contributed by atoms with Gasteiger partial charge in [-0.3, -0.25) is 4.98 Å². The first kappa shape index (κ1) is 23.0. The molecule has 0 amide bonds. The van der Waals surface area contributed by atoms with Gasteiger partial charge in [0.2, 0.25) is 5.71 Å². The topological polar surface area (TPSA) is 52.1 Å². The van der Waals surface area contributed by atoms with Crippen LogP contribution in [0.5, 0.6) is 0 Å².